The molecule has 5 nitrogen and oxygen atoms in total. The number of ether oxygens (including phenoxy) is 2. The predicted octanol–water partition coefficient (Wildman–Crippen LogP) is 4.23. The molecule has 0 aromatic heterocycles. The summed E-state index contributed by atoms with van der Waals surface area (Å²) in [6.45, 7) is 4.82. The van der Waals surface area contributed by atoms with Gasteiger partial charge in [-0.1, -0.05) is 32.8 Å². The number of hydrogen-bond donors (Lipinski definition) is 1. The Morgan fingerprint density at radius 1 is 1.31 bits per heavy atom. The van der Waals surface area contributed by atoms with Crippen molar-refractivity contribution in [2.45, 2.75) is 45.6 Å². The first-order valence-electron chi connectivity index (χ1n) is 9.14. The third-order valence-electron chi connectivity index (χ3n) is 4.33. The number of benzene rings is 1. The first-order valence-corrected chi connectivity index (χ1v) is 9.96. The van der Waals surface area contributed by atoms with Crippen LogP contribution >= 0.6 is 11.8 Å². The van der Waals surface area contributed by atoms with Crippen LogP contribution in [0.2, 0.25) is 0 Å². The fraction of sp³-hybridized carbons (Fsp3) is 0.500. The smallest absolute Gasteiger partial charge is 0.264 e. The maximum Gasteiger partial charge on any atom is 0.264 e. The molecule has 0 unspecified atom stereocenters. The fourth-order valence-corrected chi connectivity index (χ4v) is 3.88. The Balaban J connectivity index is 1.76. The number of hydrogen-bond acceptors (Lipinski definition) is 5. The van der Waals surface area contributed by atoms with E-state index in [9.17, 15) is 4.79 Å². The summed E-state index contributed by atoms with van der Waals surface area (Å²) in [5.41, 5.74) is 0.907. The Kier molecular flexibility index (Phi) is 6.25. The number of methoxy groups -OCH3 is 1. The molecule has 1 N–H and O–H groups in total. The number of rotatable bonds is 6. The van der Waals surface area contributed by atoms with Crippen LogP contribution in [0.5, 0.6) is 11.5 Å². The van der Waals surface area contributed by atoms with E-state index in [-0.39, 0.29) is 5.91 Å². The van der Waals surface area contributed by atoms with Gasteiger partial charge < -0.3 is 14.8 Å². The number of thioether (sulfide) groups is 1. The summed E-state index contributed by atoms with van der Waals surface area (Å²) >= 11 is 1.41. The van der Waals surface area contributed by atoms with Gasteiger partial charge in [-0.15, -0.1) is 0 Å². The Morgan fingerprint density at radius 2 is 2.08 bits per heavy atom. The van der Waals surface area contributed by atoms with Crippen molar-refractivity contribution in [1.82, 2.24) is 5.32 Å². The van der Waals surface area contributed by atoms with Gasteiger partial charge in [-0.05, 0) is 54.3 Å². The van der Waals surface area contributed by atoms with Gasteiger partial charge in [-0.2, -0.15) is 0 Å². The summed E-state index contributed by atoms with van der Waals surface area (Å²) in [6.07, 6.45) is 6.57. The minimum atomic E-state index is -0.0905. The molecule has 0 spiro atoms. The average Bonchev–Trinajstić information content (AvgIpc) is 3.23. The molecule has 0 radical (unpaired) electrons. The summed E-state index contributed by atoms with van der Waals surface area (Å²) in [6, 6.07) is 6.06. The highest BCUT2D eigenvalue weighted by molar-refractivity contribution is 8.18. The van der Waals surface area contributed by atoms with Crippen molar-refractivity contribution in [3.8, 4) is 11.5 Å². The van der Waals surface area contributed by atoms with Crippen LogP contribution in [0.3, 0.4) is 0 Å². The molecule has 1 heterocycles. The van der Waals surface area contributed by atoms with E-state index in [0.29, 0.717) is 35.0 Å². The molecule has 1 aliphatic carbocycles. The third kappa shape index (κ3) is 4.81. The van der Waals surface area contributed by atoms with E-state index in [4.69, 9.17) is 9.47 Å². The van der Waals surface area contributed by atoms with Crippen LogP contribution in [0.25, 0.3) is 6.08 Å². The maximum absolute atomic E-state index is 12.2. The Labute approximate surface area is 159 Å². The van der Waals surface area contributed by atoms with Gasteiger partial charge in [0.2, 0.25) is 0 Å². The lowest BCUT2D eigenvalue weighted by Gasteiger charge is -2.13. The predicted molar refractivity (Wildman–Crippen MR) is 107 cm³/mol. The number of nitrogens with zero attached hydrogens (tertiary/aromatic N) is 1. The lowest BCUT2D eigenvalue weighted by Crippen LogP contribution is -2.21. The molecule has 1 amide bonds. The number of nitrogens with one attached hydrogen (secondary N) is 1. The Morgan fingerprint density at radius 3 is 2.77 bits per heavy atom. The summed E-state index contributed by atoms with van der Waals surface area (Å²) < 4.78 is 11.2. The minimum absolute atomic E-state index is 0.0905. The standard InChI is InChI=1S/C20H26N2O3S/c1-13(2)12-25-17-10-14(8-9-16(17)24-3)11-18-19(23)22-20(26-18)21-15-6-4-5-7-15/h8-11,13,15H,4-7,12H2,1-3H3,(H,21,22,23)/b18-11+. The second kappa shape index (κ2) is 8.62. The molecule has 26 heavy (non-hydrogen) atoms. The van der Waals surface area contributed by atoms with Crippen LogP contribution in [-0.4, -0.2) is 30.8 Å². The highest BCUT2D eigenvalue weighted by Crippen LogP contribution is 2.32. The number of aliphatic imine (C=N–C) groups is 1. The monoisotopic (exact) mass is 374 g/mol. The second-order valence-corrected chi connectivity index (χ2v) is 8.08. The normalized spacial score (nSPS) is 21.0. The molecular formula is C20H26N2O3S. The molecule has 1 aromatic carbocycles. The molecule has 1 aliphatic heterocycles. The van der Waals surface area contributed by atoms with Gasteiger partial charge in [0.25, 0.3) is 5.91 Å². The van der Waals surface area contributed by atoms with Crippen LogP contribution < -0.4 is 14.8 Å². The van der Waals surface area contributed by atoms with E-state index in [1.54, 1.807) is 7.11 Å². The van der Waals surface area contributed by atoms with Crippen molar-refractivity contribution in [2.75, 3.05) is 13.7 Å². The van der Waals surface area contributed by atoms with Gasteiger partial charge in [0.05, 0.1) is 24.7 Å². The van der Waals surface area contributed by atoms with Crippen molar-refractivity contribution in [3.63, 3.8) is 0 Å². The van der Waals surface area contributed by atoms with Crippen LogP contribution in [0, 0.1) is 5.92 Å². The lowest BCUT2D eigenvalue weighted by atomic mass is 10.2. The SMILES string of the molecule is COc1ccc(/C=C2/SC(=NC3CCCC3)NC2=O)cc1OCC(C)C. The van der Waals surface area contributed by atoms with E-state index >= 15 is 0 Å². The minimum Gasteiger partial charge on any atom is -0.493 e. The highest BCUT2D eigenvalue weighted by atomic mass is 32.2. The number of carbonyl (C=O) groups excluding carboxylic acids is 1. The zero-order valence-electron chi connectivity index (χ0n) is 15.6. The zero-order valence-corrected chi connectivity index (χ0v) is 16.4. The summed E-state index contributed by atoms with van der Waals surface area (Å²) in [5, 5.41) is 3.60. The van der Waals surface area contributed by atoms with E-state index < -0.39 is 0 Å². The molecular weight excluding hydrogens is 348 g/mol. The third-order valence-corrected chi connectivity index (χ3v) is 5.26. The van der Waals surface area contributed by atoms with Crippen molar-refractivity contribution in [3.05, 3.63) is 28.7 Å². The van der Waals surface area contributed by atoms with Gasteiger partial charge in [-0.3, -0.25) is 9.79 Å². The van der Waals surface area contributed by atoms with Gasteiger partial charge in [0, 0.05) is 0 Å². The summed E-state index contributed by atoms with van der Waals surface area (Å²) in [7, 11) is 1.63. The first kappa shape index (κ1) is 18.8. The van der Waals surface area contributed by atoms with Crippen molar-refractivity contribution >= 4 is 28.9 Å². The average molecular weight is 375 g/mol. The molecule has 2 aliphatic rings. The maximum atomic E-state index is 12.2. The molecule has 1 aromatic rings. The Bertz CT molecular complexity index is 722. The highest BCUT2D eigenvalue weighted by Gasteiger charge is 2.25. The first-order chi connectivity index (χ1) is 12.5. The molecule has 6 heteroatoms. The molecule has 1 saturated carbocycles. The summed E-state index contributed by atoms with van der Waals surface area (Å²) in [5.74, 6) is 1.72. The summed E-state index contributed by atoms with van der Waals surface area (Å²) in [4.78, 5) is 17.6. The van der Waals surface area contributed by atoms with Crippen molar-refractivity contribution in [1.29, 1.82) is 0 Å². The van der Waals surface area contributed by atoms with Gasteiger partial charge in [-0.25, -0.2) is 0 Å². The quantitative estimate of drug-likeness (QED) is 0.757. The van der Waals surface area contributed by atoms with Gasteiger partial charge in [0.15, 0.2) is 16.7 Å². The van der Waals surface area contributed by atoms with Crippen LogP contribution in [0.15, 0.2) is 28.1 Å². The van der Waals surface area contributed by atoms with E-state index in [0.717, 1.165) is 23.6 Å². The van der Waals surface area contributed by atoms with E-state index in [2.05, 4.69) is 24.2 Å². The van der Waals surface area contributed by atoms with Crippen LogP contribution in [0.1, 0.15) is 45.1 Å². The van der Waals surface area contributed by atoms with Gasteiger partial charge in [0.1, 0.15) is 0 Å². The lowest BCUT2D eigenvalue weighted by molar-refractivity contribution is -0.115. The molecule has 140 valence electrons. The molecule has 0 bridgehead atoms. The van der Waals surface area contributed by atoms with E-state index in [1.165, 1.54) is 24.6 Å². The molecule has 2 fully saturated rings. The zero-order chi connectivity index (χ0) is 18.5. The molecule has 1 saturated heterocycles. The van der Waals surface area contributed by atoms with Crippen LogP contribution in [-0.2, 0) is 4.79 Å². The molecule has 3 rings (SSSR count). The fourth-order valence-electron chi connectivity index (χ4n) is 2.99. The second-order valence-electron chi connectivity index (χ2n) is 7.05. The number of carbonyl (C=O) groups is 1. The number of amides is 1. The topological polar surface area (TPSA) is 59.9 Å². The van der Waals surface area contributed by atoms with Gasteiger partial charge >= 0.3 is 0 Å². The van der Waals surface area contributed by atoms with E-state index in [1.807, 2.05) is 24.3 Å². The molecule has 0 atom stereocenters. The Hall–Kier alpha value is -1.95. The van der Waals surface area contributed by atoms with Crippen LogP contribution in [0.4, 0.5) is 0 Å². The number of amidine groups is 1. The largest absolute Gasteiger partial charge is 0.493 e. The van der Waals surface area contributed by atoms with Crippen molar-refractivity contribution < 1.29 is 14.3 Å². The van der Waals surface area contributed by atoms with Crippen molar-refractivity contribution in [2.24, 2.45) is 10.9 Å².